The lowest BCUT2D eigenvalue weighted by Crippen LogP contribution is -2.12. The minimum atomic E-state index is -3.93. The van der Waals surface area contributed by atoms with Gasteiger partial charge in [0.2, 0.25) is 0 Å². The quantitative estimate of drug-likeness (QED) is 0.754. The zero-order valence-corrected chi connectivity index (χ0v) is 13.4. The molecule has 2 aromatic heterocycles. The van der Waals surface area contributed by atoms with E-state index in [4.69, 9.17) is 0 Å². The van der Waals surface area contributed by atoms with Gasteiger partial charge in [-0.05, 0) is 34.1 Å². The van der Waals surface area contributed by atoms with Gasteiger partial charge in [0.05, 0.1) is 10.5 Å². The third-order valence-electron chi connectivity index (χ3n) is 3.13. The van der Waals surface area contributed by atoms with Crippen molar-refractivity contribution < 1.29 is 18.3 Å². The Morgan fingerprint density at radius 1 is 1.18 bits per heavy atom. The number of carbonyl (C=O) groups is 1. The maximum atomic E-state index is 12.7. The standard InChI is InChI=1S/C14H9BrN2O4S/c15-11-6-7-16-13-12(11)10(14(18)19)8-17(13)22(20,21)9-4-2-1-3-5-9/h1-8H,(H,18,19). The molecule has 0 bridgehead atoms. The van der Waals surface area contributed by atoms with Crippen molar-refractivity contribution >= 4 is 43.0 Å². The van der Waals surface area contributed by atoms with Crippen molar-refractivity contribution in [2.45, 2.75) is 4.90 Å². The predicted molar refractivity (Wildman–Crippen MR) is 83.4 cm³/mol. The monoisotopic (exact) mass is 380 g/mol. The zero-order valence-electron chi connectivity index (χ0n) is 11.0. The van der Waals surface area contributed by atoms with Crippen LogP contribution in [0.15, 0.2) is 58.2 Å². The van der Waals surface area contributed by atoms with E-state index in [9.17, 15) is 18.3 Å². The lowest BCUT2D eigenvalue weighted by atomic mass is 10.2. The fourth-order valence-corrected chi connectivity index (χ4v) is 3.99. The lowest BCUT2D eigenvalue weighted by molar-refractivity contribution is 0.0699. The number of aromatic nitrogens is 2. The molecule has 112 valence electrons. The third-order valence-corrected chi connectivity index (χ3v) is 5.46. The number of pyridine rings is 1. The number of rotatable bonds is 3. The largest absolute Gasteiger partial charge is 0.478 e. The molecule has 0 aliphatic rings. The van der Waals surface area contributed by atoms with Gasteiger partial charge in [0, 0.05) is 22.3 Å². The Kier molecular flexibility index (Phi) is 3.50. The topological polar surface area (TPSA) is 89.3 Å². The fraction of sp³-hybridized carbons (Fsp3) is 0. The highest BCUT2D eigenvalue weighted by Crippen LogP contribution is 2.30. The number of aromatic carboxylic acids is 1. The summed E-state index contributed by atoms with van der Waals surface area (Å²) in [5.41, 5.74) is -0.0647. The van der Waals surface area contributed by atoms with E-state index in [1.165, 1.54) is 18.3 Å². The molecule has 3 rings (SSSR count). The molecule has 0 amide bonds. The molecule has 0 spiro atoms. The molecule has 0 aliphatic heterocycles. The van der Waals surface area contributed by atoms with Crippen LogP contribution in [0.1, 0.15) is 10.4 Å². The molecule has 0 fully saturated rings. The maximum absolute atomic E-state index is 12.7. The summed E-state index contributed by atoms with van der Waals surface area (Å²) < 4.78 is 26.8. The predicted octanol–water partition coefficient (Wildman–Crippen LogP) is 2.73. The van der Waals surface area contributed by atoms with Crippen LogP contribution in [0.3, 0.4) is 0 Å². The van der Waals surface area contributed by atoms with Gasteiger partial charge in [-0.1, -0.05) is 18.2 Å². The number of fused-ring (bicyclic) bond motifs is 1. The van der Waals surface area contributed by atoms with Crippen molar-refractivity contribution in [3.63, 3.8) is 0 Å². The summed E-state index contributed by atoms with van der Waals surface area (Å²) in [5.74, 6) is -1.22. The van der Waals surface area contributed by atoms with Crippen molar-refractivity contribution in [2.75, 3.05) is 0 Å². The van der Waals surface area contributed by atoms with E-state index < -0.39 is 16.0 Å². The molecule has 0 saturated carbocycles. The van der Waals surface area contributed by atoms with Crippen LogP contribution >= 0.6 is 15.9 Å². The molecule has 8 heteroatoms. The van der Waals surface area contributed by atoms with Gasteiger partial charge in [-0.3, -0.25) is 0 Å². The van der Waals surface area contributed by atoms with Gasteiger partial charge in [0.1, 0.15) is 0 Å². The number of nitrogens with zero attached hydrogens (tertiary/aromatic N) is 2. The van der Waals surface area contributed by atoms with Gasteiger partial charge in [-0.15, -0.1) is 0 Å². The summed E-state index contributed by atoms with van der Waals surface area (Å²) in [6.07, 6.45) is 2.49. The number of hydrogen-bond donors (Lipinski definition) is 1. The Balaban J connectivity index is 2.38. The summed E-state index contributed by atoms with van der Waals surface area (Å²) >= 11 is 3.24. The number of benzene rings is 1. The first-order valence-electron chi connectivity index (χ1n) is 6.12. The van der Waals surface area contributed by atoms with Gasteiger partial charge in [0.25, 0.3) is 10.0 Å². The van der Waals surface area contributed by atoms with Gasteiger partial charge < -0.3 is 5.11 Å². The highest BCUT2D eigenvalue weighted by atomic mass is 79.9. The van der Waals surface area contributed by atoms with Crippen LogP contribution < -0.4 is 0 Å². The molecule has 22 heavy (non-hydrogen) atoms. The van der Waals surface area contributed by atoms with E-state index in [1.807, 2.05) is 0 Å². The second-order valence-electron chi connectivity index (χ2n) is 4.45. The molecule has 0 aliphatic carbocycles. The van der Waals surface area contributed by atoms with E-state index in [2.05, 4.69) is 20.9 Å². The maximum Gasteiger partial charge on any atom is 0.338 e. The van der Waals surface area contributed by atoms with Crippen LogP contribution in [0.25, 0.3) is 11.0 Å². The van der Waals surface area contributed by atoms with E-state index in [0.29, 0.717) is 4.47 Å². The summed E-state index contributed by atoms with van der Waals surface area (Å²) in [5, 5.41) is 9.55. The van der Waals surface area contributed by atoms with Crippen LogP contribution in [0.4, 0.5) is 0 Å². The Hall–Kier alpha value is -2.19. The summed E-state index contributed by atoms with van der Waals surface area (Å²) in [7, 11) is -3.93. The Morgan fingerprint density at radius 3 is 2.50 bits per heavy atom. The average Bonchev–Trinajstić information content (AvgIpc) is 2.90. The molecule has 0 saturated heterocycles. The Bertz CT molecular complexity index is 981. The molecule has 0 atom stereocenters. The first kappa shape index (κ1) is 14.7. The smallest absolute Gasteiger partial charge is 0.338 e. The number of hydrogen-bond acceptors (Lipinski definition) is 4. The van der Waals surface area contributed by atoms with Gasteiger partial charge >= 0.3 is 5.97 Å². The zero-order chi connectivity index (χ0) is 15.9. The number of carboxylic acid groups (broad SMARTS) is 1. The van der Waals surface area contributed by atoms with Crippen LogP contribution in [0, 0.1) is 0 Å². The van der Waals surface area contributed by atoms with Crippen molar-refractivity contribution in [3.8, 4) is 0 Å². The molecule has 0 radical (unpaired) electrons. The second-order valence-corrected chi connectivity index (χ2v) is 7.12. The third kappa shape index (κ3) is 2.20. The summed E-state index contributed by atoms with van der Waals surface area (Å²) in [6.45, 7) is 0. The van der Waals surface area contributed by atoms with Crippen molar-refractivity contribution in [1.82, 2.24) is 8.96 Å². The van der Waals surface area contributed by atoms with Gasteiger partial charge in [-0.2, -0.15) is 0 Å². The van der Waals surface area contributed by atoms with Crippen LogP contribution in [0.2, 0.25) is 0 Å². The first-order chi connectivity index (χ1) is 10.4. The molecule has 1 aromatic carbocycles. The SMILES string of the molecule is O=C(O)c1cn(S(=O)(=O)c2ccccc2)c2nccc(Br)c12. The summed E-state index contributed by atoms with van der Waals surface area (Å²) in [6, 6.07) is 9.35. The highest BCUT2D eigenvalue weighted by molar-refractivity contribution is 9.10. The minimum Gasteiger partial charge on any atom is -0.478 e. The second kappa shape index (κ2) is 5.22. The molecule has 3 aromatic rings. The van der Waals surface area contributed by atoms with Crippen molar-refractivity contribution in [3.05, 3.63) is 58.8 Å². The van der Waals surface area contributed by atoms with E-state index >= 15 is 0 Å². The molecule has 2 heterocycles. The van der Waals surface area contributed by atoms with Gasteiger partial charge in [-0.25, -0.2) is 22.2 Å². The molecule has 1 N–H and O–H groups in total. The summed E-state index contributed by atoms with van der Waals surface area (Å²) in [4.78, 5) is 15.5. The lowest BCUT2D eigenvalue weighted by Gasteiger charge is -2.06. The van der Waals surface area contributed by atoms with Gasteiger partial charge in [0.15, 0.2) is 5.65 Å². The number of carboxylic acids is 1. The van der Waals surface area contributed by atoms with Crippen LogP contribution in [-0.2, 0) is 10.0 Å². The first-order valence-corrected chi connectivity index (χ1v) is 8.35. The molecule has 0 unspecified atom stereocenters. The normalized spacial score (nSPS) is 11.7. The Labute approximate surface area is 134 Å². The van der Waals surface area contributed by atoms with Crippen LogP contribution in [-0.4, -0.2) is 28.5 Å². The van der Waals surface area contributed by atoms with Crippen LogP contribution in [0.5, 0.6) is 0 Å². The van der Waals surface area contributed by atoms with E-state index in [-0.39, 0.29) is 21.5 Å². The van der Waals surface area contributed by atoms with Crippen molar-refractivity contribution in [2.24, 2.45) is 0 Å². The fourth-order valence-electron chi connectivity index (χ4n) is 2.14. The van der Waals surface area contributed by atoms with E-state index in [0.717, 1.165) is 10.2 Å². The average molecular weight is 381 g/mol. The minimum absolute atomic E-state index is 0.0608. The molecular weight excluding hydrogens is 372 g/mol. The van der Waals surface area contributed by atoms with Crippen molar-refractivity contribution in [1.29, 1.82) is 0 Å². The Morgan fingerprint density at radius 2 is 1.86 bits per heavy atom. The van der Waals surface area contributed by atoms with E-state index in [1.54, 1.807) is 24.3 Å². The molecular formula is C14H9BrN2O4S. The molecule has 6 nitrogen and oxygen atoms in total. The number of halogens is 1. The highest BCUT2D eigenvalue weighted by Gasteiger charge is 2.25.